The third-order valence-corrected chi connectivity index (χ3v) is 4.69. The highest BCUT2D eigenvalue weighted by Crippen LogP contribution is 2.23. The van der Waals surface area contributed by atoms with E-state index in [1.54, 1.807) is 6.07 Å². The summed E-state index contributed by atoms with van der Waals surface area (Å²) in [4.78, 5) is 13.9. The molecule has 0 saturated carbocycles. The number of hydrogen-bond acceptors (Lipinski definition) is 3. The molecule has 0 aliphatic rings. The van der Waals surface area contributed by atoms with Gasteiger partial charge in [-0.2, -0.15) is 0 Å². The molecule has 2 rings (SSSR count). The molecule has 1 aromatic carbocycles. The zero-order chi connectivity index (χ0) is 14.5. The fourth-order valence-electron chi connectivity index (χ4n) is 2.02. The Morgan fingerprint density at radius 2 is 2.15 bits per heavy atom. The molecule has 0 radical (unpaired) electrons. The lowest BCUT2D eigenvalue weighted by Gasteiger charge is -2.12. The molecule has 4 heteroatoms. The second-order valence-electron chi connectivity index (χ2n) is 4.82. The van der Waals surface area contributed by atoms with Gasteiger partial charge < -0.3 is 11.1 Å². The van der Waals surface area contributed by atoms with Gasteiger partial charge in [-0.3, -0.25) is 4.79 Å². The molecule has 106 valence electrons. The fourth-order valence-corrected chi connectivity index (χ4v) is 3.00. The van der Waals surface area contributed by atoms with E-state index in [4.69, 9.17) is 5.73 Å². The molecule has 3 N–H and O–H groups in total. The van der Waals surface area contributed by atoms with E-state index in [9.17, 15) is 4.79 Å². The molecule has 1 heterocycles. The number of nitrogens with one attached hydrogen (secondary N) is 1. The highest BCUT2D eigenvalue weighted by molar-refractivity contribution is 7.12. The molecule has 0 saturated heterocycles. The Morgan fingerprint density at radius 1 is 1.35 bits per heavy atom. The Labute approximate surface area is 123 Å². The number of benzene rings is 1. The summed E-state index contributed by atoms with van der Waals surface area (Å²) in [7, 11) is 0. The van der Waals surface area contributed by atoms with Crippen molar-refractivity contribution in [2.45, 2.75) is 32.9 Å². The summed E-state index contributed by atoms with van der Waals surface area (Å²) < 4.78 is 0. The maximum absolute atomic E-state index is 11.2. The first-order valence-corrected chi connectivity index (χ1v) is 7.62. The Hall–Kier alpha value is -1.65. The van der Waals surface area contributed by atoms with E-state index in [0.29, 0.717) is 11.6 Å². The molecule has 3 nitrogen and oxygen atoms in total. The summed E-state index contributed by atoms with van der Waals surface area (Å²) in [5, 5.41) is 3.48. The number of aryl methyl sites for hydroxylation is 1. The zero-order valence-corrected chi connectivity index (χ0v) is 12.7. The minimum absolute atomic E-state index is 0.303. The number of primary amides is 1. The van der Waals surface area contributed by atoms with Gasteiger partial charge in [0.2, 0.25) is 5.91 Å². The highest BCUT2D eigenvalue weighted by atomic mass is 32.1. The second-order valence-corrected chi connectivity index (χ2v) is 6.02. The SMILES string of the molecule is CCc1ccc(C(C)NCc2cccc(C(N)=O)c2)s1. The summed E-state index contributed by atoms with van der Waals surface area (Å²) in [6, 6.07) is 12.1. The molecule has 0 aliphatic carbocycles. The van der Waals surface area contributed by atoms with Crippen molar-refractivity contribution in [3.05, 3.63) is 57.3 Å². The number of carbonyl (C=O) groups excluding carboxylic acids is 1. The molecule has 1 atom stereocenters. The molecule has 1 amide bonds. The maximum atomic E-state index is 11.2. The Morgan fingerprint density at radius 3 is 2.80 bits per heavy atom. The van der Waals surface area contributed by atoms with Crippen molar-refractivity contribution in [3.8, 4) is 0 Å². The van der Waals surface area contributed by atoms with Crippen LogP contribution in [0.25, 0.3) is 0 Å². The quantitative estimate of drug-likeness (QED) is 0.857. The van der Waals surface area contributed by atoms with E-state index >= 15 is 0 Å². The average molecular weight is 288 g/mol. The zero-order valence-electron chi connectivity index (χ0n) is 11.8. The summed E-state index contributed by atoms with van der Waals surface area (Å²) in [6.07, 6.45) is 1.08. The Balaban J connectivity index is 1.97. The van der Waals surface area contributed by atoms with Crippen LogP contribution in [0.1, 0.15) is 45.6 Å². The van der Waals surface area contributed by atoms with Gasteiger partial charge in [0.1, 0.15) is 0 Å². The topological polar surface area (TPSA) is 55.1 Å². The lowest BCUT2D eigenvalue weighted by Crippen LogP contribution is -2.18. The van der Waals surface area contributed by atoms with Crippen molar-refractivity contribution in [1.29, 1.82) is 0 Å². The van der Waals surface area contributed by atoms with Crippen LogP contribution < -0.4 is 11.1 Å². The molecule has 1 unspecified atom stereocenters. The normalized spacial score (nSPS) is 12.3. The van der Waals surface area contributed by atoms with Gasteiger partial charge in [0, 0.05) is 27.9 Å². The van der Waals surface area contributed by atoms with E-state index in [2.05, 4.69) is 31.3 Å². The van der Waals surface area contributed by atoms with Crippen molar-refractivity contribution < 1.29 is 4.79 Å². The van der Waals surface area contributed by atoms with Crippen molar-refractivity contribution >= 4 is 17.2 Å². The molecule has 20 heavy (non-hydrogen) atoms. The highest BCUT2D eigenvalue weighted by Gasteiger charge is 2.08. The lowest BCUT2D eigenvalue weighted by molar-refractivity contribution is 0.1000. The first-order chi connectivity index (χ1) is 9.60. The van der Waals surface area contributed by atoms with E-state index in [1.165, 1.54) is 9.75 Å². The van der Waals surface area contributed by atoms with Gasteiger partial charge in [0.25, 0.3) is 0 Å². The predicted molar refractivity (Wildman–Crippen MR) is 83.9 cm³/mol. The van der Waals surface area contributed by atoms with Gasteiger partial charge in [-0.05, 0) is 43.2 Å². The third-order valence-electron chi connectivity index (χ3n) is 3.28. The molecule has 0 fully saturated rings. The molecule has 2 aromatic rings. The van der Waals surface area contributed by atoms with Crippen molar-refractivity contribution in [1.82, 2.24) is 5.32 Å². The molecule has 0 aliphatic heterocycles. The van der Waals surface area contributed by atoms with Crippen LogP contribution in [-0.2, 0) is 13.0 Å². The number of carbonyl (C=O) groups is 1. The van der Waals surface area contributed by atoms with Gasteiger partial charge in [0.05, 0.1) is 0 Å². The van der Waals surface area contributed by atoms with Crippen LogP contribution in [0.5, 0.6) is 0 Å². The monoisotopic (exact) mass is 288 g/mol. The second kappa shape index (κ2) is 6.68. The van der Waals surface area contributed by atoms with Crippen LogP contribution in [-0.4, -0.2) is 5.91 Å². The third kappa shape index (κ3) is 3.68. The van der Waals surface area contributed by atoms with Gasteiger partial charge in [-0.1, -0.05) is 19.1 Å². The van der Waals surface area contributed by atoms with Crippen LogP contribution in [0, 0.1) is 0 Å². The number of hydrogen-bond donors (Lipinski definition) is 2. The minimum Gasteiger partial charge on any atom is -0.366 e. The lowest BCUT2D eigenvalue weighted by atomic mass is 10.1. The van der Waals surface area contributed by atoms with Crippen molar-refractivity contribution in [2.75, 3.05) is 0 Å². The van der Waals surface area contributed by atoms with Gasteiger partial charge in [-0.15, -0.1) is 11.3 Å². The predicted octanol–water partition coefficient (Wildman–Crippen LogP) is 3.26. The first kappa shape index (κ1) is 14.8. The Kier molecular flexibility index (Phi) is 4.93. The van der Waals surface area contributed by atoms with E-state index in [1.807, 2.05) is 29.5 Å². The van der Waals surface area contributed by atoms with Crippen molar-refractivity contribution in [2.24, 2.45) is 5.73 Å². The Bertz CT molecular complexity index is 592. The van der Waals surface area contributed by atoms with Crippen LogP contribution in [0.4, 0.5) is 0 Å². The van der Waals surface area contributed by atoms with E-state index in [0.717, 1.165) is 18.5 Å². The molecule has 0 spiro atoms. The first-order valence-electron chi connectivity index (χ1n) is 6.81. The van der Waals surface area contributed by atoms with Crippen LogP contribution >= 0.6 is 11.3 Å². The average Bonchev–Trinajstić information content (AvgIpc) is 2.94. The number of amides is 1. The number of nitrogens with two attached hydrogens (primary N) is 1. The molecule has 0 bridgehead atoms. The van der Waals surface area contributed by atoms with Crippen LogP contribution in [0.2, 0.25) is 0 Å². The summed E-state index contributed by atoms with van der Waals surface area (Å²) in [5.41, 5.74) is 6.92. The minimum atomic E-state index is -0.384. The number of rotatable bonds is 6. The molecular weight excluding hydrogens is 268 g/mol. The maximum Gasteiger partial charge on any atom is 0.248 e. The fraction of sp³-hybridized carbons (Fsp3) is 0.312. The summed E-state index contributed by atoms with van der Waals surface area (Å²) in [5.74, 6) is -0.384. The van der Waals surface area contributed by atoms with Gasteiger partial charge in [0.15, 0.2) is 0 Å². The van der Waals surface area contributed by atoms with Crippen LogP contribution in [0.15, 0.2) is 36.4 Å². The smallest absolute Gasteiger partial charge is 0.248 e. The molecular formula is C16H20N2OS. The standard InChI is InChI=1S/C16H20N2OS/c1-3-14-7-8-15(20-14)11(2)18-10-12-5-4-6-13(9-12)16(17)19/h4-9,11,18H,3,10H2,1-2H3,(H2,17,19). The van der Waals surface area contributed by atoms with Gasteiger partial charge in [-0.25, -0.2) is 0 Å². The largest absolute Gasteiger partial charge is 0.366 e. The van der Waals surface area contributed by atoms with E-state index in [-0.39, 0.29) is 5.91 Å². The van der Waals surface area contributed by atoms with Crippen molar-refractivity contribution in [3.63, 3.8) is 0 Å². The summed E-state index contributed by atoms with van der Waals surface area (Å²) in [6.45, 7) is 5.05. The molecule has 1 aromatic heterocycles. The summed E-state index contributed by atoms with van der Waals surface area (Å²) >= 11 is 1.85. The number of thiophene rings is 1. The van der Waals surface area contributed by atoms with Gasteiger partial charge >= 0.3 is 0 Å². The van der Waals surface area contributed by atoms with E-state index < -0.39 is 0 Å². The van der Waals surface area contributed by atoms with Crippen LogP contribution in [0.3, 0.4) is 0 Å².